The third-order valence-corrected chi connectivity index (χ3v) is 8.74. The van der Waals surface area contributed by atoms with Crippen LogP contribution in [-0.2, 0) is 14.8 Å². The first-order valence-electron chi connectivity index (χ1n) is 10.8. The lowest BCUT2D eigenvalue weighted by Crippen LogP contribution is -2.48. The van der Waals surface area contributed by atoms with E-state index in [9.17, 15) is 13.2 Å². The number of rotatable bonds is 5. The van der Waals surface area contributed by atoms with Crippen molar-refractivity contribution in [3.63, 3.8) is 0 Å². The maximum Gasteiger partial charge on any atom is 0.251 e. The molecule has 1 heterocycles. The number of ether oxygens (including phenoxy) is 1. The van der Waals surface area contributed by atoms with Crippen LogP contribution in [0.15, 0.2) is 29.2 Å². The van der Waals surface area contributed by atoms with E-state index < -0.39 is 10.0 Å². The van der Waals surface area contributed by atoms with Crippen molar-refractivity contribution in [2.45, 2.75) is 69.6 Å². The molecule has 2 bridgehead atoms. The summed E-state index contributed by atoms with van der Waals surface area (Å²) in [5, 5.41) is 3.13. The number of carbonyl (C=O) groups excluding carboxylic acids is 1. The Hall–Kier alpha value is -1.44. The predicted molar refractivity (Wildman–Crippen MR) is 111 cm³/mol. The smallest absolute Gasteiger partial charge is 0.251 e. The van der Waals surface area contributed by atoms with Crippen molar-refractivity contribution in [2.75, 3.05) is 13.1 Å². The molecular weight excluding hydrogens is 388 g/mol. The Bertz CT molecular complexity index is 861. The Labute approximate surface area is 174 Å². The SMILES string of the molecule is C[C@@H]1CN(S(=O)(=O)c2cccc(C(=O)N[C@H](C)[C@@H]3C[C@H]4CC[C@H]3C4)c2)C[C@@H](C)O1. The standard InChI is InChI=1S/C22H32N2O4S/c1-14-12-24(13-15(2)28-14)29(26,27)20-6-4-5-19(11-20)22(25)23-16(3)21-10-17-7-8-18(21)9-17/h4-6,11,14-18,21H,7-10,12-13H2,1-3H3,(H,23,25)/t14-,15-,16-,17+,18+,21+/m1/s1. The maximum absolute atomic E-state index is 13.1. The Morgan fingerprint density at radius 1 is 1.17 bits per heavy atom. The maximum atomic E-state index is 13.1. The van der Waals surface area contributed by atoms with Gasteiger partial charge in [-0.25, -0.2) is 8.42 Å². The number of fused-ring (bicyclic) bond motifs is 2. The summed E-state index contributed by atoms with van der Waals surface area (Å²) in [5.74, 6) is 1.91. The van der Waals surface area contributed by atoms with Crippen LogP contribution in [0.1, 0.15) is 56.8 Å². The number of nitrogens with zero attached hydrogens (tertiary/aromatic N) is 1. The molecule has 0 unspecified atom stereocenters. The molecule has 1 aromatic carbocycles. The highest BCUT2D eigenvalue weighted by Crippen LogP contribution is 2.49. The largest absolute Gasteiger partial charge is 0.373 e. The molecule has 160 valence electrons. The molecule has 7 heteroatoms. The lowest BCUT2D eigenvalue weighted by Gasteiger charge is -2.34. The van der Waals surface area contributed by atoms with Crippen molar-refractivity contribution in [3.05, 3.63) is 29.8 Å². The number of nitrogens with one attached hydrogen (secondary N) is 1. The van der Waals surface area contributed by atoms with E-state index in [-0.39, 0.29) is 29.1 Å². The Kier molecular flexibility index (Phi) is 5.75. The number of hydrogen-bond acceptors (Lipinski definition) is 4. The van der Waals surface area contributed by atoms with E-state index in [4.69, 9.17) is 4.74 Å². The zero-order valence-electron chi connectivity index (χ0n) is 17.5. The first kappa shape index (κ1) is 20.8. The lowest BCUT2D eigenvalue weighted by atomic mass is 9.84. The number of sulfonamides is 1. The third kappa shape index (κ3) is 4.23. The van der Waals surface area contributed by atoms with Gasteiger partial charge in [0.25, 0.3) is 5.91 Å². The van der Waals surface area contributed by atoms with Crippen molar-refractivity contribution in [1.29, 1.82) is 0 Å². The predicted octanol–water partition coefficient (Wildman–Crippen LogP) is 3.04. The minimum Gasteiger partial charge on any atom is -0.373 e. The Balaban J connectivity index is 1.47. The van der Waals surface area contributed by atoms with E-state index >= 15 is 0 Å². The summed E-state index contributed by atoms with van der Waals surface area (Å²) in [6, 6.07) is 6.52. The van der Waals surface area contributed by atoms with Crippen LogP contribution in [0, 0.1) is 17.8 Å². The lowest BCUT2D eigenvalue weighted by molar-refractivity contribution is -0.0440. The van der Waals surface area contributed by atoms with Gasteiger partial charge in [-0.05, 0) is 76.0 Å². The average molecular weight is 421 g/mol. The number of hydrogen-bond donors (Lipinski definition) is 1. The molecule has 3 aliphatic rings. The van der Waals surface area contributed by atoms with Gasteiger partial charge in [0.1, 0.15) is 0 Å². The van der Waals surface area contributed by atoms with Crippen LogP contribution in [0.5, 0.6) is 0 Å². The summed E-state index contributed by atoms with van der Waals surface area (Å²) in [6.45, 7) is 6.48. The molecule has 29 heavy (non-hydrogen) atoms. The monoisotopic (exact) mass is 420 g/mol. The molecule has 0 aromatic heterocycles. The van der Waals surface area contributed by atoms with Gasteiger partial charge >= 0.3 is 0 Å². The van der Waals surface area contributed by atoms with Gasteiger partial charge in [-0.2, -0.15) is 4.31 Å². The van der Waals surface area contributed by atoms with Gasteiger partial charge in [0, 0.05) is 24.7 Å². The van der Waals surface area contributed by atoms with Crippen LogP contribution in [0.4, 0.5) is 0 Å². The highest BCUT2D eigenvalue weighted by atomic mass is 32.2. The molecule has 1 aromatic rings. The van der Waals surface area contributed by atoms with E-state index in [2.05, 4.69) is 12.2 Å². The molecule has 0 spiro atoms. The number of carbonyl (C=O) groups is 1. The number of benzene rings is 1. The minimum atomic E-state index is -3.66. The van der Waals surface area contributed by atoms with Crippen LogP contribution < -0.4 is 5.32 Å². The first-order chi connectivity index (χ1) is 13.7. The molecule has 1 aliphatic heterocycles. The van der Waals surface area contributed by atoms with Crippen molar-refractivity contribution < 1.29 is 17.9 Å². The second-order valence-electron chi connectivity index (χ2n) is 9.21. The van der Waals surface area contributed by atoms with Crippen LogP contribution in [-0.4, -0.2) is 50.0 Å². The summed E-state index contributed by atoms with van der Waals surface area (Å²) < 4.78 is 33.3. The highest BCUT2D eigenvalue weighted by Gasteiger charge is 2.42. The van der Waals surface area contributed by atoms with Crippen molar-refractivity contribution in [2.24, 2.45) is 17.8 Å². The quantitative estimate of drug-likeness (QED) is 0.794. The van der Waals surface area contributed by atoms with Crippen LogP contribution in [0.2, 0.25) is 0 Å². The fraction of sp³-hybridized carbons (Fsp3) is 0.682. The van der Waals surface area contributed by atoms with Gasteiger partial charge in [0.15, 0.2) is 0 Å². The van der Waals surface area contributed by atoms with Crippen molar-refractivity contribution in [1.82, 2.24) is 9.62 Å². The molecule has 2 aliphatic carbocycles. The van der Waals surface area contributed by atoms with E-state index in [0.717, 1.165) is 11.8 Å². The molecule has 6 nitrogen and oxygen atoms in total. The molecule has 0 radical (unpaired) electrons. The van der Waals surface area contributed by atoms with E-state index in [1.807, 2.05) is 13.8 Å². The molecular formula is C22H32N2O4S. The molecule has 1 amide bonds. The zero-order valence-corrected chi connectivity index (χ0v) is 18.3. The molecule has 1 N–H and O–H groups in total. The second-order valence-corrected chi connectivity index (χ2v) is 11.1. The summed E-state index contributed by atoms with van der Waals surface area (Å²) in [7, 11) is -3.66. The first-order valence-corrected chi connectivity index (χ1v) is 12.2. The van der Waals surface area contributed by atoms with Crippen LogP contribution >= 0.6 is 0 Å². The van der Waals surface area contributed by atoms with Gasteiger partial charge in [-0.3, -0.25) is 4.79 Å². The third-order valence-electron chi connectivity index (χ3n) is 6.91. The molecule has 6 atom stereocenters. The molecule has 3 fully saturated rings. The van der Waals surface area contributed by atoms with Gasteiger partial charge in [0.2, 0.25) is 10.0 Å². The fourth-order valence-electron chi connectivity index (χ4n) is 5.58. The molecule has 4 rings (SSSR count). The summed E-state index contributed by atoms with van der Waals surface area (Å²) in [6.07, 6.45) is 4.81. The van der Waals surface area contributed by atoms with Gasteiger partial charge in [-0.1, -0.05) is 12.5 Å². The van der Waals surface area contributed by atoms with E-state index in [1.54, 1.807) is 18.2 Å². The second kappa shape index (κ2) is 8.00. The number of amides is 1. The number of morpholine rings is 1. The summed E-state index contributed by atoms with van der Waals surface area (Å²) in [4.78, 5) is 13.0. The summed E-state index contributed by atoms with van der Waals surface area (Å²) >= 11 is 0. The van der Waals surface area contributed by atoms with E-state index in [1.165, 1.54) is 36.1 Å². The Morgan fingerprint density at radius 3 is 2.52 bits per heavy atom. The van der Waals surface area contributed by atoms with Crippen LogP contribution in [0.25, 0.3) is 0 Å². The molecule has 2 saturated carbocycles. The minimum absolute atomic E-state index is 0.110. The van der Waals surface area contributed by atoms with E-state index in [0.29, 0.717) is 24.6 Å². The average Bonchev–Trinajstić information content (AvgIpc) is 3.31. The van der Waals surface area contributed by atoms with Crippen LogP contribution in [0.3, 0.4) is 0 Å². The van der Waals surface area contributed by atoms with Gasteiger partial charge in [0.05, 0.1) is 17.1 Å². The zero-order chi connectivity index (χ0) is 20.8. The fourth-order valence-corrected chi connectivity index (χ4v) is 7.21. The normalized spacial score (nSPS) is 33.6. The molecule has 1 saturated heterocycles. The van der Waals surface area contributed by atoms with Crippen molar-refractivity contribution >= 4 is 15.9 Å². The van der Waals surface area contributed by atoms with Gasteiger partial charge < -0.3 is 10.1 Å². The van der Waals surface area contributed by atoms with Crippen molar-refractivity contribution in [3.8, 4) is 0 Å². The Morgan fingerprint density at radius 2 is 1.90 bits per heavy atom. The summed E-state index contributed by atoms with van der Waals surface area (Å²) in [5.41, 5.74) is 0.399. The van der Waals surface area contributed by atoms with Gasteiger partial charge in [-0.15, -0.1) is 0 Å². The topological polar surface area (TPSA) is 75.7 Å². The highest BCUT2D eigenvalue weighted by molar-refractivity contribution is 7.89.